The molecule has 0 saturated carbocycles. The van der Waals surface area contributed by atoms with Gasteiger partial charge in [0.25, 0.3) is 0 Å². The van der Waals surface area contributed by atoms with Crippen molar-refractivity contribution in [1.29, 1.82) is 0 Å². The Bertz CT molecular complexity index is 209. The number of amides is 1. The summed E-state index contributed by atoms with van der Waals surface area (Å²) in [4.78, 5) is 11.5. The minimum Gasteiger partial charge on any atom is -0.368 e. The first-order valence-electron chi connectivity index (χ1n) is 5.49. The van der Waals surface area contributed by atoms with E-state index in [0.29, 0.717) is 32.8 Å². The lowest BCUT2D eigenvalue weighted by molar-refractivity contribution is -0.130. The molecule has 86 valence electrons. The highest BCUT2D eigenvalue weighted by molar-refractivity contribution is 5.80. The van der Waals surface area contributed by atoms with Crippen molar-refractivity contribution in [3.05, 3.63) is 0 Å². The van der Waals surface area contributed by atoms with Gasteiger partial charge in [0.1, 0.15) is 6.10 Å². The second-order valence-corrected chi connectivity index (χ2v) is 3.75. The van der Waals surface area contributed by atoms with E-state index in [-0.39, 0.29) is 18.3 Å². The molecular weight excluding hydrogens is 198 g/mol. The molecular formula is C10H17NO4. The van der Waals surface area contributed by atoms with E-state index in [4.69, 9.17) is 14.2 Å². The summed E-state index contributed by atoms with van der Waals surface area (Å²) in [6.07, 6.45) is 2.14. The van der Waals surface area contributed by atoms with Gasteiger partial charge in [-0.25, -0.2) is 0 Å². The van der Waals surface area contributed by atoms with Gasteiger partial charge in [0, 0.05) is 19.6 Å². The summed E-state index contributed by atoms with van der Waals surface area (Å²) in [5.74, 6) is -0.00880. The first-order valence-corrected chi connectivity index (χ1v) is 5.49. The van der Waals surface area contributed by atoms with E-state index in [2.05, 4.69) is 5.32 Å². The summed E-state index contributed by atoms with van der Waals surface area (Å²) in [6, 6.07) is 0. The van der Waals surface area contributed by atoms with E-state index < -0.39 is 0 Å². The third kappa shape index (κ3) is 3.15. The molecule has 0 aliphatic carbocycles. The van der Waals surface area contributed by atoms with Gasteiger partial charge in [0.05, 0.1) is 13.2 Å². The Kier molecular flexibility index (Phi) is 3.94. The van der Waals surface area contributed by atoms with Crippen molar-refractivity contribution < 1.29 is 19.0 Å². The van der Waals surface area contributed by atoms with Crippen molar-refractivity contribution in [2.75, 3.05) is 26.4 Å². The standard InChI is InChI=1S/C10H17NO4/c12-10(8-2-1-5-13-8)11-4-3-9-14-6-7-15-9/h8-9H,1-7H2,(H,11,12). The summed E-state index contributed by atoms with van der Waals surface area (Å²) in [5.41, 5.74) is 0. The Labute approximate surface area is 89.1 Å². The average Bonchev–Trinajstić information content (AvgIpc) is 2.90. The summed E-state index contributed by atoms with van der Waals surface area (Å²) in [6.45, 7) is 2.60. The van der Waals surface area contributed by atoms with E-state index in [0.717, 1.165) is 12.8 Å². The Morgan fingerprint density at radius 3 is 2.67 bits per heavy atom. The normalized spacial score (nSPS) is 27.1. The number of hydrogen-bond donors (Lipinski definition) is 1. The second kappa shape index (κ2) is 5.44. The summed E-state index contributed by atoms with van der Waals surface area (Å²) in [7, 11) is 0. The number of ether oxygens (including phenoxy) is 3. The van der Waals surface area contributed by atoms with Crippen molar-refractivity contribution in [1.82, 2.24) is 5.32 Å². The molecule has 2 heterocycles. The van der Waals surface area contributed by atoms with Gasteiger partial charge in [-0.1, -0.05) is 0 Å². The Morgan fingerprint density at radius 1 is 1.20 bits per heavy atom. The fourth-order valence-corrected chi connectivity index (χ4v) is 1.79. The van der Waals surface area contributed by atoms with Crippen LogP contribution >= 0.6 is 0 Å². The predicted octanol–water partition coefficient (Wildman–Crippen LogP) is 0.0446. The lowest BCUT2D eigenvalue weighted by Crippen LogP contribution is -2.35. The smallest absolute Gasteiger partial charge is 0.249 e. The van der Waals surface area contributed by atoms with Gasteiger partial charge in [-0.3, -0.25) is 4.79 Å². The molecule has 0 spiro atoms. The lowest BCUT2D eigenvalue weighted by atomic mass is 10.2. The summed E-state index contributed by atoms with van der Waals surface area (Å²) >= 11 is 0. The van der Waals surface area contributed by atoms with Gasteiger partial charge >= 0.3 is 0 Å². The van der Waals surface area contributed by atoms with Crippen molar-refractivity contribution in [2.24, 2.45) is 0 Å². The van der Waals surface area contributed by atoms with Gasteiger partial charge < -0.3 is 19.5 Å². The molecule has 0 radical (unpaired) electrons. The molecule has 1 unspecified atom stereocenters. The fraction of sp³-hybridized carbons (Fsp3) is 0.900. The lowest BCUT2D eigenvalue weighted by Gasteiger charge is -2.12. The van der Waals surface area contributed by atoms with E-state index in [1.807, 2.05) is 0 Å². The molecule has 0 aromatic rings. The zero-order valence-electron chi connectivity index (χ0n) is 8.74. The summed E-state index contributed by atoms with van der Waals surface area (Å²) < 4.78 is 15.8. The van der Waals surface area contributed by atoms with Gasteiger partial charge in [0.15, 0.2) is 6.29 Å². The molecule has 5 heteroatoms. The zero-order valence-corrected chi connectivity index (χ0v) is 8.74. The minimum absolute atomic E-state index is 0.00880. The van der Waals surface area contributed by atoms with Gasteiger partial charge in [-0.05, 0) is 12.8 Å². The molecule has 15 heavy (non-hydrogen) atoms. The highest BCUT2D eigenvalue weighted by atomic mass is 16.7. The first-order chi connectivity index (χ1) is 7.36. The van der Waals surface area contributed by atoms with Crippen LogP contribution in [-0.2, 0) is 19.0 Å². The highest BCUT2D eigenvalue weighted by Crippen LogP contribution is 2.12. The van der Waals surface area contributed by atoms with Crippen molar-refractivity contribution >= 4 is 5.91 Å². The molecule has 5 nitrogen and oxygen atoms in total. The number of carbonyl (C=O) groups is 1. The quantitative estimate of drug-likeness (QED) is 0.719. The van der Waals surface area contributed by atoms with E-state index >= 15 is 0 Å². The van der Waals surface area contributed by atoms with Crippen LogP contribution in [-0.4, -0.2) is 44.7 Å². The van der Waals surface area contributed by atoms with Gasteiger partial charge in [-0.15, -0.1) is 0 Å². The first kappa shape index (κ1) is 10.9. The van der Waals surface area contributed by atoms with E-state index in [1.54, 1.807) is 0 Å². The Hall–Kier alpha value is -0.650. The molecule has 0 aromatic carbocycles. The highest BCUT2D eigenvalue weighted by Gasteiger charge is 2.23. The predicted molar refractivity (Wildman–Crippen MR) is 52.3 cm³/mol. The third-order valence-corrected chi connectivity index (χ3v) is 2.59. The van der Waals surface area contributed by atoms with Crippen molar-refractivity contribution in [3.8, 4) is 0 Å². The van der Waals surface area contributed by atoms with Crippen LogP contribution in [0.4, 0.5) is 0 Å². The van der Waals surface area contributed by atoms with Crippen LogP contribution in [0.5, 0.6) is 0 Å². The van der Waals surface area contributed by atoms with Crippen LogP contribution in [0, 0.1) is 0 Å². The Morgan fingerprint density at radius 2 is 2.00 bits per heavy atom. The second-order valence-electron chi connectivity index (χ2n) is 3.75. The topological polar surface area (TPSA) is 56.8 Å². The number of rotatable bonds is 4. The van der Waals surface area contributed by atoms with E-state index in [9.17, 15) is 4.79 Å². The zero-order chi connectivity index (χ0) is 10.5. The van der Waals surface area contributed by atoms with Crippen LogP contribution in [0.15, 0.2) is 0 Å². The van der Waals surface area contributed by atoms with Crippen LogP contribution in [0.2, 0.25) is 0 Å². The van der Waals surface area contributed by atoms with E-state index in [1.165, 1.54) is 0 Å². The van der Waals surface area contributed by atoms with Crippen LogP contribution in [0.1, 0.15) is 19.3 Å². The molecule has 2 aliphatic heterocycles. The molecule has 2 aliphatic rings. The monoisotopic (exact) mass is 215 g/mol. The van der Waals surface area contributed by atoms with Gasteiger partial charge in [0.2, 0.25) is 5.91 Å². The molecule has 1 amide bonds. The van der Waals surface area contributed by atoms with Crippen molar-refractivity contribution in [3.63, 3.8) is 0 Å². The molecule has 1 N–H and O–H groups in total. The number of hydrogen-bond acceptors (Lipinski definition) is 4. The minimum atomic E-state index is -0.240. The molecule has 0 aromatic heterocycles. The molecule has 2 saturated heterocycles. The molecule has 0 bridgehead atoms. The van der Waals surface area contributed by atoms with Crippen molar-refractivity contribution in [2.45, 2.75) is 31.7 Å². The maximum Gasteiger partial charge on any atom is 0.249 e. The molecule has 2 fully saturated rings. The number of nitrogens with one attached hydrogen (secondary N) is 1. The molecule has 1 atom stereocenters. The Balaban J connectivity index is 1.58. The maximum atomic E-state index is 11.5. The fourth-order valence-electron chi connectivity index (χ4n) is 1.79. The SMILES string of the molecule is O=C(NCCC1OCCO1)C1CCCO1. The van der Waals surface area contributed by atoms with Crippen LogP contribution in [0.25, 0.3) is 0 Å². The summed E-state index contributed by atoms with van der Waals surface area (Å²) in [5, 5.41) is 2.83. The average molecular weight is 215 g/mol. The van der Waals surface area contributed by atoms with Gasteiger partial charge in [-0.2, -0.15) is 0 Å². The largest absolute Gasteiger partial charge is 0.368 e. The number of carbonyl (C=O) groups excluding carboxylic acids is 1. The van der Waals surface area contributed by atoms with Crippen LogP contribution in [0.3, 0.4) is 0 Å². The maximum absolute atomic E-state index is 11.5. The third-order valence-electron chi connectivity index (χ3n) is 2.59. The van der Waals surface area contributed by atoms with Crippen LogP contribution < -0.4 is 5.32 Å². The molecule has 2 rings (SSSR count).